The zero-order valence-electron chi connectivity index (χ0n) is 15.6. The van der Waals surface area contributed by atoms with Crippen molar-refractivity contribution in [3.63, 3.8) is 0 Å². The van der Waals surface area contributed by atoms with Crippen LogP contribution in [0.25, 0.3) is 22.6 Å². The lowest BCUT2D eigenvalue weighted by Gasteiger charge is -2.25. The zero-order valence-corrected chi connectivity index (χ0v) is 15.6. The normalized spacial score (nSPS) is 14.9. The Labute approximate surface area is 163 Å². The molecular weight excluding hydrogens is 357 g/mol. The van der Waals surface area contributed by atoms with Crippen LogP contribution < -0.4 is 16.4 Å². The van der Waals surface area contributed by atoms with E-state index in [2.05, 4.69) is 30.2 Å². The largest absolute Gasteiger partial charge is 0.353 e. The first-order chi connectivity index (χ1) is 13.8. The van der Waals surface area contributed by atoms with Gasteiger partial charge in [0.15, 0.2) is 0 Å². The van der Waals surface area contributed by atoms with Crippen molar-refractivity contribution in [1.82, 2.24) is 24.8 Å². The summed E-state index contributed by atoms with van der Waals surface area (Å²) in [5, 5.41) is 6.52. The summed E-state index contributed by atoms with van der Waals surface area (Å²) >= 11 is 0. The summed E-state index contributed by atoms with van der Waals surface area (Å²) in [5.74, 6) is 0.268. The van der Waals surface area contributed by atoms with E-state index in [9.17, 15) is 4.39 Å². The van der Waals surface area contributed by atoms with Crippen LogP contribution >= 0.6 is 0 Å². The number of halogens is 1. The predicted molar refractivity (Wildman–Crippen MR) is 107 cm³/mol. The maximum absolute atomic E-state index is 13.4. The number of hydrogen-bond acceptors (Lipinski definition) is 6. The van der Waals surface area contributed by atoms with Gasteiger partial charge in [-0.15, -0.1) is 0 Å². The smallest absolute Gasteiger partial charge is 0.223 e. The number of benzene rings is 1. The molecule has 0 unspecified atom stereocenters. The number of piperidine rings is 1. The van der Waals surface area contributed by atoms with Gasteiger partial charge in [0.1, 0.15) is 5.82 Å². The molecule has 28 heavy (non-hydrogen) atoms. The first-order valence-corrected chi connectivity index (χ1v) is 9.57. The van der Waals surface area contributed by atoms with Crippen LogP contribution in [0.3, 0.4) is 0 Å². The van der Waals surface area contributed by atoms with Crippen LogP contribution in [0.5, 0.6) is 0 Å². The van der Waals surface area contributed by atoms with Crippen molar-refractivity contribution >= 4 is 5.95 Å². The Kier molecular flexibility index (Phi) is 5.59. The average molecular weight is 381 g/mol. The van der Waals surface area contributed by atoms with E-state index >= 15 is 0 Å². The summed E-state index contributed by atoms with van der Waals surface area (Å²) < 4.78 is 15.6. The van der Waals surface area contributed by atoms with E-state index in [1.54, 1.807) is 18.3 Å². The SMILES string of the molecule is NCCNc1nccc(-c2c(-c3ccc(F)cc3)ncn2C2CCNCC2)n1. The topological polar surface area (TPSA) is 93.7 Å². The molecule has 0 aliphatic carbocycles. The number of nitrogens with two attached hydrogens (primary N) is 1. The molecule has 1 fully saturated rings. The Bertz CT molecular complexity index is 917. The Morgan fingerprint density at radius 2 is 1.93 bits per heavy atom. The van der Waals surface area contributed by atoms with E-state index in [-0.39, 0.29) is 5.82 Å². The van der Waals surface area contributed by atoms with E-state index in [1.165, 1.54) is 12.1 Å². The lowest BCUT2D eigenvalue weighted by Crippen LogP contribution is -2.29. The summed E-state index contributed by atoms with van der Waals surface area (Å²) in [6.07, 6.45) is 5.65. The number of rotatable bonds is 6. The molecular formula is C20H24FN7. The molecule has 0 spiro atoms. The van der Waals surface area contributed by atoms with Gasteiger partial charge in [-0.3, -0.25) is 0 Å². The molecule has 1 aromatic carbocycles. The molecule has 3 heterocycles. The van der Waals surface area contributed by atoms with Gasteiger partial charge >= 0.3 is 0 Å². The minimum Gasteiger partial charge on any atom is -0.353 e. The van der Waals surface area contributed by atoms with E-state index in [1.807, 2.05) is 12.4 Å². The third kappa shape index (κ3) is 3.88. The Morgan fingerprint density at radius 3 is 2.68 bits per heavy atom. The fourth-order valence-corrected chi connectivity index (χ4v) is 3.56. The van der Waals surface area contributed by atoms with Crippen LogP contribution in [-0.4, -0.2) is 45.7 Å². The molecule has 4 N–H and O–H groups in total. The highest BCUT2D eigenvalue weighted by molar-refractivity contribution is 5.77. The molecule has 1 aliphatic rings. The highest BCUT2D eigenvalue weighted by atomic mass is 19.1. The van der Waals surface area contributed by atoms with Crippen molar-refractivity contribution in [3.8, 4) is 22.6 Å². The van der Waals surface area contributed by atoms with Crippen molar-refractivity contribution in [2.45, 2.75) is 18.9 Å². The highest BCUT2D eigenvalue weighted by Crippen LogP contribution is 2.34. The van der Waals surface area contributed by atoms with Crippen LogP contribution in [-0.2, 0) is 0 Å². The first-order valence-electron chi connectivity index (χ1n) is 9.57. The molecule has 146 valence electrons. The molecule has 1 saturated heterocycles. The summed E-state index contributed by atoms with van der Waals surface area (Å²) in [5.41, 5.74) is 8.94. The summed E-state index contributed by atoms with van der Waals surface area (Å²) in [7, 11) is 0. The summed E-state index contributed by atoms with van der Waals surface area (Å²) in [6.45, 7) is 3.05. The van der Waals surface area contributed by atoms with Crippen LogP contribution in [0.4, 0.5) is 10.3 Å². The second-order valence-corrected chi connectivity index (χ2v) is 6.82. The van der Waals surface area contributed by atoms with Gasteiger partial charge in [-0.2, -0.15) is 0 Å². The Balaban J connectivity index is 1.80. The molecule has 4 rings (SSSR count). The number of anilines is 1. The molecule has 3 aromatic rings. The Hall–Kier alpha value is -2.84. The summed E-state index contributed by atoms with van der Waals surface area (Å²) in [6, 6.07) is 8.64. The van der Waals surface area contributed by atoms with E-state index in [0.29, 0.717) is 25.1 Å². The van der Waals surface area contributed by atoms with Crippen molar-refractivity contribution in [1.29, 1.82) is 0 Å². The molecule has 0 saturated carbocycles. The third-order valence-electron chi connectivity index (χ3n) is 4.94. The fourth-order valence-electron chi connectivity index (χ4n) is 3.56. The minimum atomic E-state index is -0.265. The number of hydrogen-bond donors (Lipinski definition) is 3. The minimum absolute atomic E-state index is 0.265. The molecule has 2 aromatic heterocycles. The van der Waals surface area contributed by atoms with Gasteiger partial charge in [0.05, 0.1) is 23.4 Å². The standard InChI is InChI=1S/C20H24FN7/c21-15-3-1-14(2-4-15)18-19(17-7-11-24-20(27-17)25-12-8-22)28(13-26-18)16-5-9-23-10-6-16/h1-4,7,11,13,16,23H,5-6,8-10,12,22H2,(H,24,25,27). The van der Waals surface area contributed by atoms with Crippen molar-refractivity contribution in [2.75, 3.05) is 31.5 Å². The van der Waals surface area contributed by atoms with Crippen LogP contribution in [0.1, 0.15) is 18.9 Å². The lowest BCUT2D eigenvalue weighted by atomic mass is 10.0. The molecule has 0 atom stereocenters. The maximum Gasteiger partial charge on any atom is 0.223 e. The molecule has 1 aliphatic heterocycles. The van der Waals surface area contributed by atoms with Gasteiger partial charge in [0.2, 0.25) is 5.95 Å². The van der Waals surface area contributed by atoms with Crippen molar-refractivity contribution in [3.05, 3.63) is 48.7 Å². The van der Waals surface area contributed by atoms with Crippen LogP contribution in [0.15, 0.2) is 42.9 Å². The van der Waals surface area contributed by atoms with Gasteiger partial charge in [-0.25, -0.2) is 19.3 Å². The Morgan fingerprint density at radius 1 is 1.14 bits per heavy atom. The average Bonchev–Trinajstić information content (AvgIpc) is 3.19. The zero-order chi connectivity index (χ0) is 19.3. The van der Waals surface area contributed by atoms with E-state index in [0.717, 1.165) is 48.6 Å². The predicted octanol–water partition coefficient (Wildman–Crippen LogP) is 2.44. The third-order valence-corrected chi connectivity index (χ3v) is 4.94. The monoisotopic (exact) mass is 381 g/mol. The van der Waals surface area contributed by atoms with Gasteiger partial charge in [0, 0.05) is 30.9 Å². The number of nitrogens with one attached hydrogen (secondary N) is 2. The molecule has 0 bridgehead atoms. The molecule has 7 nitrogen and oxygen atoms in total. The number of nitrogens with zero attached hydrogens (tertiary/aromatic N) is 4. The molecule has 0 amide bonds. The highest BCUT2D eigenvalue weighted by Gasteiger charge is 2.23. The number of imidazole rings is 1. The maximum atomic E-state index is 13.4. The van der Waals surface area contributed by atoms with Crippen LogP contribution in [0.2, 0.25) is 0 Å². The van der Waals surface area contributed by atoms with Crippen molar-refractivity contribution < 1.29 is 4.39 Å². The van der Waals surface area contributed by atoms with Gasteiger partial charge < -0.3 is 20.9 Å². The second-order valence-electron chi connectivity index (χ2n) is 6.82. The summed E-state index contributed by atoms with van der Waals surface area (Å²) in [4.78, 5) is 13.6. The number of aromatic nitrogens is 4. The molecule has 8 heteroatoms. The first kappa shape index (κ1) is 18.5. The lowest BCUT2D eigenvalue weighted by molar-refractivity contribution is 0.370. The van der Waals surface area contributed by atoms with Crippen molar-refractivity contribution in [2.24, 2.45) is 5.73 Å². The van der Waals surface area contributed by atoms with Gasteiger partial charge in [0.25, 0.3) is 0 Å². The second kappa shape index (κ2) is 8.45. The van der Waals surface area contributed by atoms with E-state index < -0.39 is 0 Å². The quantitative estimate of drug-likeness (QED) is 0.607. The van der Waals surface area contributed by atoms with E-state index in [4.69, 9.17) is 5.73 Å². The molecule has 0 radical (unpaired) electrons. The van der Waals surface area contributed by atoms with Gasteiger partial charge in [-0.05, 0) is 56.3 Å². The van der Waals surface area contributed by atoms with Crippen LogP contribution in [0, 0.1) is 5.82 Å². The van der Waals surface area contributed by atoms with Gasteiger partial charge in [-0.1, -0.05) is 0 Å². The fraction of sp³-hybridized carbons (Fsp3) is 0.350.